The number of hydrogen-bond acceptors (Lipinski definition) is 4. The highest BCUT2D eigenvalue weighted by Gasteiger charge is 2.51. The van der Waals surface area contributed by atoms with Gasteiger partial charge in [-0.1, -0.05) is 33.1 Å². The zero-order chi connectivity index (χ0) is 22.7. The minimum absolute atomic E-state index is 0.266. The maximum absolute atomic E-state index is 12.9. The lowest BCUT2D eigenvalue weighted by Gasteiger charge is -2.30. The number of hydrogen-bond donors (Lipinski definition) is 2. The average Bonchev–Trinajstić information content (AvgIpc) is 3.29. The summed E-state index contributed by atoms with van der Waals surface area (Å²) in [6.07, 6.45) is 6.28. The summed E-state index contributed by atoms with van der Waals surface area (Å²) in [5.74, 6) is -0.639. The fourth-order valence-corrected chi connectivity index (χ4v) is 4.92. The van der Waals surface area contributed by atoms with Crippen LogP contribution in [0.3, 0.4) is 0 Å². The molecule has 4 amide bonds. The SMILES string of the molecule is CCN(CC)CCn1ccc2cc(NC(=O)CN3C(=O)NC4(CCCCC4)C3=O)ccc21. The Morgan fingerprint density at radius 2 is 1.88 bits per heavy atom. The number of carbonyl (C=O) groups excluding carboxylic acids is 3. The second kappa shape index (κ2) is 9.32. The quantitative estimate of drug-likeness (QED) is 0.619. The van der Waals surface area contributed by atoms with Crippen molar-refractivity contribution in [1.29, 1.82) is 0 Å². The molecule has 0 radical (unpaired) electrons. The molecule has 2 aliphatic rings. The lowest BCUT2D eigenvalue weighted by molar-refractivity contribution is -0.134. The molecule has 2 aromatic rings. The highest BCUT2D eigenvalue weighted by molar-refractivity contribution is 6.10. The molecule has 8 heteroatoms. The predicted octanol–water partition coefficient (Wildman–Crippen LogP) is 3.18. The van der Waals surface area contributed by atoms with Crippen molar-refractivity contribution < 1.29 is 14.4 Å². The first-order valence-electron chi connectivity index (χ1n) is 11.7. The number of rotatable bonds is 8. The molecule has 1 aromatic heterocycles. The Morgan fingerprint density at radius 1 is 1.12 bits per heavy atom. The number of aromatic nitrogens is 1. The van der Waals surface area contributed by atoms with Gasteiger partial charge in [0.05, 0.1) is 0 Å². The summed E-state index contributed by atoms with van der Waals surface area (Å²) in [6.45, 7) is 8.03. The molecular weight excluding hydrogens is 406 g/mol. The smallest absolute Gasteiger partial charge is 0.325 e. The maximum atomic E-state index is 12.9. The molecule has 0 bridgehead atoms. The largest absolute Gasteiger partial charge is 0.346 e. The molecule has 0 atom stereocenters. The molecule has 172 valence electrons. The van der Waals surface area contributed by atoms with Crippen LogP contribution in [0.4, 0.5) is 10.5 Å². The fraction of sp³-hybridized carbons (Fsp3) is 0.542. The molecule has 1 aliphatic heterocycles. The summed E-state index contributed by atoms with van der Waals surface area (Å²) >= 11 is 0. The zero-order valence-electron chi connectivity index (χ0n) is 19.0. The molecule has 4 rings (SSSR count). The minimum atomic E-state index is -0.803. The van der Waals surface area contributed by atoms with Crippen LogP contribution < -0.4 is 10.6 Å². The lowest BCUT2D eigenvalue weighted by atomic mass is 9.82. The minimum Gasteiger partial charge on any atom is -0.346 e. The number of nitrogens with zero attached hydrogens (tertiary/aromatic N) is 3. The van der Waals surface area contributed by atoms with Crippen LogP contribution in [0.2, 0.25) is 0 Å². The van der Waals surface area contributed by atoms with Gasteiger partial charge >= 0.3 is 6.03 Å². The van der Waals surface area contributed by atoms with E-state index in [1.54, 1.807) is 0 Å². The van der Waals surface area contributed by atoms with Gasteiger partial charge in [-0.05, 0) is 50.2 Å². The van der Waals surface area contributed by atoms with Crippen molar-refractivity contribution in [2.75, 3.05) is 31.5 Å². The van der Waals surface area contributed by atoms with Gasteiger partial charge in [0.15, 0.2) is 0 Å². The molecule has 1 aromatic carbocycles. The number of urea groups is 1. The van der Waals surface area contributed by atoms with Gasteiger partial charge in [0, 0.05) is 35.9 Å². The van der Waals surface area contributed by atoms with E-state index >= 15 is 0 Å². The molecule has 2 heterocycles. The average molecular weight is 440 g/mol. The standard InChI is InChI=1S/C24H33N5O3/c1-3-27(4-2)14-15-28-13-10-18-16-19(8-9-20(18)28)25-21(30)17-29-22(31)24(26-23(29)32)11-6-5-7-12-24/h8-10,13,16H,3-7,11-12,14-15,17H2,1-2H3,(H,25,30)(H,26,32). The summed E-state index contributed by atoms with van der Waals surface area (Å²) < 4.78 is 2.22. The molecule has 1 saturated heterocycles. The predicted molar refractivity (Wildman–Crippen MR) is 124 cm³/mol. The Kier molecular flexibility index (Phi) is 6.50. The molecule has 0 unspecified atom stereocenters. The molecule has 2 N–H and O–H groups in total. The number of imide groups is 1. The van der Waals surface area contributed by atoms with E-state index in [0.29, 0.717) is 18.5 Å². The van der Waals surface area contributed by atoms with E-state index in [1.807, 2.05) is 24.3 Å². The van der Waals surface area contributed by atoms with Crippen molar-refractivity contribution >= 4 is 34.4 Å². The van der Waals surface area contributed by atoms with Gasteiger partial charge in [-0.15, -0.1) is 0 Å². The van der Waals surface area contributed by atoms with Crippen molar-refractivity contribution in [3.63, 3.8) is 0 Å². The van der Waals surface area contributed by atoms with Gasteiger partial charge in [-0.2, -0.15) is 0 Å². The monoisotopic (exact) mass is 439 g/mol. The van der Waals surface area contributed by atoms with Gasteiger partial charge in [0.2, 0.25) is 5.91 Å². The van der Waals surface area contributed by atoms with Gasteiger partial charge in [-0.3, -0.25) is 14.5 Å². The summed E-state index contributed by atoms with van der Waals surface area (Å²) in [5.41, 5.74) is 0.967. The number of nitrogens with one attached hydrogen (secondary N) is 2. The number of carbonyl (C=O) groups is 3. The Hall–Kier alpha value is -2.87. The highest BCUT2D eigenvalue weighted by atomic mass is 16.2. The number of anilines is 1. The van der Waals surface area contributed by atoms with Crippen molar-refractivity contribution in [3.05, 3.63) is 30.5 Å². The van der Waals surface area contributed by atoms with Crippen LogP contribution in [0, 0.1) is 0 Å². The lowest BCUT2D eigenvalue weighted by Crippen LogP contribution is -2.48. The van der Waals surface area contributed by atoms with Gasteiger partial charge < -0.3 is 20.1 Å². The van der Waals surface area contributed by atoms with E-state index in [9.17, 15) is 14.4 Å². The summed E-state index contributed by atoms with van der Waals surface area (Å²) in [7, 11) is 0. The number of likely N-dealkylation sites (N-methyl/N-ethyl adjacent to an activating group) is 1. The van der Waals surface area contributed by atoms with E-state index in [4.69, 9.17) is 0 Å². The molecule has 1 aliphatic carbocycles. The van der Waals surface area contributed by atoms with Crippen LogP contribution >= 0.6 is 0 Å². The third-order valence-corrected chi connectivity index (χ3v) is 6.86. The normalized spacial score (nSPS) is 18.0. The first-order chi connectivity index (χ1) is 15.5. The molecular formula is C24H33N5O3. The number of amides is 4. The van der Waals surface area contributed by atoms with E-state index in [0.717, 1.165) is 61.2 Å². The van der Waals surface area contributed by atoms with Crippen LogP contribution in [-0.2, 0) is 16.1 Å². The molecule has 1 spiro atoms. The second-order valence-electron chi connectivity index (χ2n) is 8.82. The summed E-state index contributed by atoms with van der Waals surface area (Å²) in [6, 6.07) is 7.36. The van der Waals surface area contributed by atoms with Crippen LogP contribution in [-0.4, -0.2) is 63.9 Å². The van der Waals surface area contributed by atoms with Crippen molar-refractivity contribution in [1.82, 2.24) is 19.7 Å². The van der Waals surface area contributed by atoms with Crippen molar-refractivity contribution in [2.45, 2.75) is 58.0 Å². The Morgan fingerprint density at radius 3 is 2.59 bits per heavy atom. The van der Waals surface area contributed by atoms with Crippen LogP contribution in [0.5, 0.6) is 0 Å². The Bertz CT molecular complexity index is 1000. The molecule has 2 fully saturated rings. The first-order valence-corrected chi connectivity index (χ1v) is 11.7. The zero-order valence-corrected chi connectivity index (χ0v) is 19.0. The second-order valence-corrected chi connectivity index (χ2v) is 8.82. The van der Waals surface area contributed by atoms with Gasteiger partial charge in [-0.25, -0.2) is 4.79 Å². The summed E-state index contributed by atoms with van der Waals surface area (Å²) in [4.78, 5) is 41.3. The number of benzene rings is 1. The van der Waals surface area contributed by atoms with Crippen molar-refractivity contribution in [3.8, 4) is 0 Å². The Balaban J connectivity index is 1.38. The summed E-state index contributed by atoms with van der Waals surface area (Å²) in [5, 5.41) is 6.73. The fourth-order valence-electron chi connectivity index (χ4n) is 4.92. The third-order valence-electron chi connectivity index (χ3n) is 6.86. The van der Waals surface area contributed by atoms with E-state index in [2.05, 4.69) is 40.1 Å². The number of fused-ring (bicyclic) bond motifs is 1. The van der Waals surface area contributed by atoms with E-state index < -0.39 is 11.6 Å². The Labute approximate surface area is 188 Å². The molecule has 8 nitrogen and oxygen atoms in total. The van der Waals surface area contributed by atoms with E-state index in [1.165, 1.54) is 0 Å². The highest BCUT2D eigenvalue weighted by Crippen LogP contribution is 2.33. The maximum Gasteiger partial charge on any atom is 0.325 e. The topological polar surface area (TPSA) is 86.7 Å². The molecule has 32 heavy (non-hydrogen) atoms. The van der Waals surface area contributed by atoms with E-state index in [-0.39, 0.29) is 18.4 Å². The van der Waals surface area contributed by atoms with Crippen LogP contribution in [0.1, 0.15) is 46.0 Å². The van der Waals surface area contributed by atoms with Crippen molar-refractivity contribution in [2.24, 2.45) is 0 Å². The van der Waals surface area contributed by atoms with Crippen LogP contribution in [0.15, 0.2) is 30.5 Å². The van der Waals surface area contributed by atoms with Crippen LogP contribution in [0.25, 0.3) is 10.9 Å². The molecule has 1 saturated carbocycles. The van der Waals surface area contributed by atoms with Gasteiger partial charge in [0.1, 0.15) is 12.1 Å². The van der Waals surface area contributed by atoms with Gasteiger partial charge in [0.25, 0.3) is 5.91 Å². The third kappa shape index (κ3) is 4.37. The first kappa shape index (κ1) is 22.3.